The molecule has 0 rings (SSSR count). The molecule has 0 saturated heterocycles. The average Bonchev–Trinajstić information content (AvgIpc) is 3.00. The molecule has 258 valence electrons. The number of carboxylic acids is 2. The van der Waals surface area contributed by atoms with Crippen LogP contribution < -0.4 is 0 Å². The Morgan fingerprint density at radius 3 is 0.864 bits per heavy atom. The molecule has 0 bridgehead atoms. The van der Waals surface area contributed by atoms with Crippen LogP contribution >= 0.6 is 0 Å². The Kier molecular flexibility index (Phi) is 33.1. The number of carboxylic acid groups (broad SMARTS) is 2. The van der Waals surface area contributed by atoms with Gasteiger partial charge in [-0.3, -0.25) is 9.59 Å². The van der Waals surface area contributed by atoms with Crippen LogP contribution in [0.1, 0.15) is 206 Å². The second kappa shape index (κ2) is 34.3. The maximum Gasteiger partial charge on any atom is 0.307 e. The molecule has 0 spiro atoms. The molecule has 0 fully saturated rings. The summed E-state index contributed by atoms with van der Waals surface area (Å²) in [4.78, 5) is 23.9. The van der Waals surface area contributed by atoms with Crippen molar-refractivity contribution in [2.45, 2.75) is 206 Å². The molecule has 0 heterocycles. The van der Waals surface area contributed by atoms with Crippen LogP contribution in [-0.2, 0) is 9.59 Å². The lowest BCUT2D eigenvalue weighted by Crippen LogP contribution is -2.30. The van der Waals surface area contributed by atoms with E-state index in [0.717, 1.165) is 51.4 Å². The van der Waals surface area contributed by atoms with Gasteiger partial charge in [0.2, 0.25) is 0 Å². The van der Waals surface area contributed by atoms with Crippen molar-refractivity contribution in [3.63, 3.8) is 0 Å². The van der Waals surface area contributed by atoms with Gasteiger partial charge in [-0.1, -0.05) is 167 Å². The van der Waals surface area contributed by atoms with Crippen LogP contribution in [0.25, 0.3) is 0 Å². The maximum absolute atomic E-state index is 11.9. The summed E-state index contributed by atoms with van der Waals surface area (Å²) in [5.74, 6) is -3.39. The lowest BCUT2D eigenvalue weighted by atomic mass is 9.84. The van der Waals surface area contributed by atoms with Crippen molar-refractivity contribution in [1.29, 1.82) is 0 Å². The van der Waals surface area contributed by atoms with Crippen molar-refractivity contribution in [3.05, 3.63) is 24.3 Å². The van der Waals surface area contributed by atoms with E-state index < -0.39 is 23.8 Å². The average molecular weight is 619 g/mol. The van der Waals surface area contributed by atoms with Gasteiger partial charge in [-0.15, -0.1) is 0 Å². The van der Waals surface area contributed by atoms with E-state index in [0.29, 0.717) is 12.8 Å². The summed E-state index contributed by atoms with van der Waals surface area (Å²) in [7, 11) is 0. The molecule has 2 atom stereocenters. The van der Waals surface area contributed by atoms with Crippen molar-refractivity contribution in [3.8, 4) is 0 Å². The van der Waals surface area contributed by atoms with Crippen molar-refractivity contribution in [2.75, 3.05) is 0 Å². The summed E-state index contributed by atoms with van der Waals surface area (Å²) < 4.78 is 0. The zero-order chi connectivity index (χ0) is 32.4. The fourth-order valence-electron chi connectivity index (χ4n) is 6.22. The van der Waals surface area contributed by atoms with Crippen LogP contribution in [0.3, 0.4) is 0 Å². The molecule has 2 N–H and O–H groups in total. The van der Waals surface area contributed by atoms with Gasteiger partial charge in [-0.25, -0.2) is 0 Å². The number of hydrogen-bond donors (Lipinski definition) is 2. The number of allylic oxidation sites excluding steroid dienone is 4. The Morgan fingerprint density at radius 2 is 0.614 bits per heavy atom. The Morgan fingerprint density at radius 1 is 0.386 bits per heavy atom. The zero-order valence-corrected chi connectivity index (χ0v) is 29.4. The van der Waals surface area contributed by atoms with Crippen LogP contribution in [0.15, 0.2) is 24.3 Å². The molecule has 0 aliphatic carbocycles. The summed E-state index contributed by atoms with van der Waals surface area (Å²) in [6.07, 6.45) is 44.5. The van der Waals surface area contributed by atoms with Gasteiger partial charge < -0.3 is 10.2 Å². The molecular formula is C40H74O4. The molecule has 0 saturated carbocycles. The predicted octanol–water partition coefficient (Wildman–Crippen LogP) is 13.2. The van der Waals surface area contributed by atoms with Gasteiger partial charge in [0.05, 0.1) is 11.8 Å². The van der Waals surface area contributed by atoms with Gasteiger partial charge in [0.1, 0.15) is 0 Å². The predicted molar refractivity (Wildman–Crippen MR) is 190 cm³/mol. The van der Waals surface area contributed by atoms with E-state index in [1.807, 2.05) is 0 Å². The van der Waals surface area contributed by atoms with Gasteiger partial charge in [-0.2, -0.15) is 0 Å². The molecule has 0 aromatic carbocycles. The molecule has 0 aromatic heterocycles. The second-order valence-corrected chi connectivity index (χ2v) is 13.3. The fraction of sp³-hybridized carbons (Fsp3) is 0.850. The largest absolute Gasteiger partial charge is 0.481 e. The molecule has 44 heavy (non-hydrogen) atoms. The minimum Gasteiger partial charge on any atom is -0.481 e. The third-order valence-corrected chi connectivity index (χ3v) is 9.17. The highest BCUT2D eigenvalue weighted by Gasteiger charge is 2.32. The highest BCUT2D eigenvalue weighted by molar-refractivity contribution is 5.79. The number of aliphatic carboxylic acids is 2. The van der Waals surface area contributed by atoms with Crippen molar-refractivity contribution in [2.24, 2.45) is 11.8 Å². The summed E-state index contributed by atoms with van der Waals surface area (Å²) in [6.45, 7) is 4.52. The summed E-state index contributed by atoms with van der Waals surface area (Å²) in [5.41, 5.74) is 0. The van der Waals surface area contributed by atoms with Gasteiger partial charge >= 0.3 is 11.9 Å². The van der Waals surface area contributed by atoms with Crippen LogP contribution in [0, 0.1) is 11.8 Å². The standard InChI is InChI=1S/C40H74O4/c1-3-5-7-9-11-13-15-17-19-20-21-22-24-26-28-30-32-34-36-38(40(43)44)37(39(41)42)35-33-31-29-27-25-23-18-16-14-12-10-8-6-4-2/h17-19,23,37-38H,3-16,20-22,24-36H2,1-2H3,(H,41,42)(H,43,44)/b19-17-,23-18-. The second-order valence-electron chi connectivity index (χ2n) is 13.3. The molecule has 4 heteroatoms. The molecule has 0 aliphatic rings. The van der Waals surface area contributed by atoms with E-state index in [9.17, 15) is 19.8 Å². The number of unbranched alkanes of at least 4 members (excludes halogenated alkanes) is 24. The lowest BCUT2D eigenvalue weighted by Gasteiger charge is -2.20. The van der Waals surface area contributed by atoms with E-state index >= 15 is 0 Å². The minimum absolute atomic E-state index is 0.481. The minimum atomic E-state index is -0.938. The Labute approximate surface area is 274 Å². The molecular weight excluding hydrogens is 544 g/mol. The van der Waals surface area contributed by atoms with Gasteiger partial charge in [0.25, 0.3) is 0 Å². The maximum atomic E-state index is 11.9. The number of rotatable bonds is 35. The molecule has 0 aliphatic heterocycles. The van der Waals surface area contributed by atoms with Crippen LogP contribution in [-0.4, -0.2) is 22.2 Å². The SMILES string of the molecule is CCCCCCCC/C=C\CCCCCCCCCCC(C(=O)O)C(CCCCCC/C=C\CCCCCCCC)C(=O)O. The first-order chi connectivity index (χ1) is 21.5. The number of carbonyl (C=O) groups is 2. The topological polar surface area (TPSA) is 74.6 Å². The van der Waals surface area contributed by atoms with E-state index in [2.05, 4.69) is 38.2 Å². The van der Waals surface area contributed by atoms with Crippen LogP contribution in [0.2, 0.25) is 0 Å². The lowest BCUT2D eigenvalue weighted by molar-refractivity contribution is -0.154. The molecule has 4 nitrogen and oxygen atoms in total. The fourth-order valence-corrected chi connectivity index (χ4v) is 6.22. The molecule has 0 radical (unpaired) electrons. The quantitative estimate of drug-likeness (QED) is 0.0547. The van der Waals surface area contributed by atoms with Crippen LogP contribution in [0.5, 0.6) is 0 Å². The first-order valence-electron chi connectivity index (χ1n) is 19.3. The number of hydrogen-bond acceptors (Lipinski definition) is 2. The van der Waals surface area contributed by atoms with E-state index in [4.69, 9.17) is 0 Å². The zero-order valence-electron chi connectivity index (χ0n) is 29.4. The third kappa shape index (κ3) is 29.1. The molecule has 0 amide bonds. The summed E-state index contributed by atoms with van der Waals surface area (Å²) in [6, 6.07) is 0. The van der Waals surface area contributed by atoms with Crippen molar-refractivity contribution in [1.82, 2.24) is 0 Å². The first kappa shape index (κ1) is 42.4. The van der Waals surface area contributed by atoms with Crippen molar-refractivity contribution < 1.29 is 19.8 Å². The Bertz CT molecular complexity index is 683. The Balaban J connectivity index is 3.83. The van der Waals surface area contributed by atoms with E-state index in [-0.39, 0.29) is 0 Å². The normalized spacial score (nSPS) is 13.2. The molecule has 2 unspecified atom stereocenters. The van der Waals surface area contributed by atoms with Crippen molar-refractivity contribution >= 4 is 11.9 Å². The monoisotopic (exact) mass is 619 g/mol. The summed E-state index contributed by atoms with van der Waals surface area (Å²) >= 11 is 0. The molecule has 0 aromatic rings. The van der Waals surface area contributed by atoms with Gasteiger partial charge in [0, 0.05) is 0 Å². The Hall–Kier alpha value is -1.58. The van der Waals surface area contributed by atoms with E-state index in [1.165, 1.54) is 128 Å². The summed E-state index contributed by atoms with van der Waals surface area (Å²) in [5, 5.41) is 19.5. The highest BCUT2D eigenvalue weighted by Crippen LogP contribution is 2.26. The van der Waals surface area contributed by atoms with Gasteiger partial charge in [0.15, 0.2) is 0 Å². The van der Waals surface area contributed by atoms with Crippen LogP contribution in [0.4, 0.5) is 0 Å². The smallest absolute Gasteiger partial charge is 0.307 e. The first-order valence-corrected chi connectivity index (χ1v) is 19.3. The van der Waals surface area contributed by atoms with E-state index in [1.54, 1.807) is 0 Å². The van der Waals surface area contributed by atoms with Gasteiger partial charge in [-0.05, 0) is 64.2 Å². The third-order valence-electron chi connectivity index (χ3n) is 9.17. The highest BCUT2D eigenvalue weighted by atomic mass is 16.4.